The zero-order chi connectivity index (χ0) is 17.7. The van der Waals surface area contributed by atoms with Crippen molar-refractivity contribution < 1.29 is 23.9 Å². The Morgan fingerprint density at radius 1 is 0.920 bits per heavy atom. The van der Waals surface area contributed by atoms with E-state index in [1.165, 1.54) is 6.42 Å². The molecular weight excluding hydrogens is 322 g/mol. The minimum Gasteiger partial charge on any atom is -0.449 e. The Bertz CT molecular complexity index is 611. The standard InChI is InChI=1S/C19H25NO5/c1-3-24-18(22)20(19(23)25-4-2)17(21)14-9-12-8-13(14)16-11-6-5-10(7-11)15(12)16/h5-6,10-16H,3-4,7-9H2,1-2H3. The van der Waals surface area contributed by atoms with E-state index in [0.717, 1.165) is 12.8 Å². The Kier molecular flexibility index (Phi) is 4.08. The number of imide groups is 3. The lowest BCUT2D eigenvalue weighted by Crippen LogP contribution is -2.48. The van der Waals surface area contributed by atoms with Crippen molar-refractivity contribution in [2.45, 2.75) is 33.1 Å². The summed E-state index contributed by atoms with van der Waals surface area (Å²) in [7, 11) is 0. The first-order valence-corrected chi connectivity index (χ1v) is 9.42. The summed E-state index contributed by atoms with van der Waals surface area (Å²) >= 11 is 0. The van der Waals surface area contributed by atoms with E-state index in [-0.39, 0.29) is 25.0 Å². The number of nitrogens with zero attached hydrogens (tertiary/aromatic N) is 1. The minimum atomic E-state index is -0.918. The third kappa shape index (κ3) is 2.41. The molecule has 0 aromatic carbocycles. The van der Waals surface area contributed by atoms with E-state index in [2.05, 4.69) is 12.2 Å². The first-order chi connectivity index (χ1) is 12.1. The predicted octanol–water partition coefficient (Wildman–Crippen LogP) is 3.22. The summed E-state index contributed by atoms with van der Waals surface area (Å²) < 4.78 is 9.84. The van der Waals surface area contributed by atoms with Crippen molar-refractivity contribution in [1.82, 2.24) is 4.90 Å². The molecule has 0 radical (unpaired) electrons. The van der Waals surface area contributed by atoms with E-state index in [1.807, 2.05) is 0 Å². The lowest BCUT2D eigenvalue weighted by molar-refractivity contribution is -0.135. The van der Waals surface area contributed by atoms with Crippen molar-refractivity contribution in [3.05, 3.63) is 12.2 Å². The maximum Gasteiger partial charge on any atom is 0.426 e. The van der Waals surface area contributed by atoms with Crippen LogP contribution in [0.5, 0.6) is 0 Å². The van der Waals surface area contributed by atoms with Gasteiger partial charge in [0.2, 0.25) is 5.91 Å². The molecule has 3 fully saturated rings. The van der Waals surface area contributed by atoms with E-state index < -0.39 is 18.1 Å². The van der Waals surface area contributed by atoms with Crippen LogP contribution in [0.25, 0.3) is 0 Å². The molecular formula is C19H25NO5. The zero-order valence-corrected chi connectivity index (χ0v) is 14.7. The maximum atomic E-state index is 13.1. The van der Waals surface area contributed by atoms with Gasteiger partial charge in [-0.15, -0.1) is 4.90 Å². The number of carbonyl (C=O) groups is 3. The molecule has 0 aromatic rings. The number of allylic oxidation sites excluding steroid dienone is 2. The Balaban J connectivity index is 1.54. The topological polar surface area (TPSA) is 72.9 Å². The van der Waals surface area contributed by atoms with Gasteiger partial charge in [-0.05, 0) is 68.6 Å². The molecule has 4 aliphatic carbocycles. The predicted molar refractivity (Wildman–Crippen MR) is 88.3 cm³/mol. The van der Waals surface area contributed by atoms with Gasteiger partial charge in [0.1, 0.15) is 0 Å². The van der Waals surface area contributed by atoms with Crippen LogP contribution in [0.2, 0.25) is 0 Å². The Morgan fingerprint density at radius 3 is 2.12 bits per heavy atom. The number of rotatable bonds is 3. The van der Waals surface area contributed by atoms with Gasteiger partial charge >= 0.3 is 12.2 Å². The molecule has 0 aromatic heterocycles. The van der Waals surface area contributed by atoms with Gasteiger partial charge in [0.05, 0.1) is 13.2 Å². The molecule has 3 saturated carbocycles. The molecule has 6 heteroatoms. The average Bonchev–Trinajstić information content (AvgIpc) is 3.34. The van der Waals surface area contributed by atoms with Crippen LogP contribution in [-0.2, 0) is 14.3 Å². The van der Waals surface area contributed by atoms with Gasteiger partial charge in [-0.25, -0.2) is 9.59 Å². The highest BCUT2D eigenvalue weighted by Gasteiger charge is 2.63. The maximum absolute atomic E-state index is 13.1. The Morgan fingerprint density at radius 2 is 1.52 bits per heavy atom. The molecule has 0 aliphatic heterocycles. The monoisotopic (exact) mass is 347 g/mol. The average molecular weight is 347 g/mol. The lowest BCUT2D eigenvalue weighted by Gasteiger charge is -2.36. The van der Waals surface area contributed by atoms with E-state index in [0.29, 0.717) is 34.5 Å². The molecule has 0 saturated heterocycles. The van der Waals surface area contributed by atoms with Crippen molar-refractivity contribution in [3.8, 4) is 0 Å². The molecule has 4 bridgehead atoms. The van der Waals surface area contributed by atoms with Crippen LogP contribution >= 0.6 is 0 Å². The molecule has 0 spiro atoms. The van der Waals surface area contributed by atoms with Crippen molar-refractivity contribution in [1.29, 1.82) is 0 Å². The first-order valence-electron chi connectivity index (χ1n) is 9.42. The minimum absolute atomic E-state index is 0.109. The smallest absolute Gasteiger partial charge is 0.426 e. The van der Waals surface area contributed by atoms with Crippen LogP contribution in [0.15, 0.2) is 12.2 Å². The number of ether oxygens (including phenoxy) is 2. The van der Waals surface area contributed by atoms with Crippen LogP contribution in [0.4, 0.5) is 9.59 Å². The summed E-state index contributed by atoms with van der Waals surface area (Å²) in [6, 6.07) is 0. The van der Waals surface area contributed by atoms with Crippen LogP contribution in [0.1, 0.15) is 33.1 Å². The second-order valence-corrected chi connectivity index (χ2v) is 7.68. The van der Waals surface area contributed by atoms with Crippen LogP contribution in [-0.4, -0.2) is 36.2 Å². The molecule has 3 amide bonds. The summed E-state index contributed by atoms with van der Waals surface area (Å²) in [6.45, 7) is 3.51. The van der Waals surface area contributed by atoms with Crippen molar-refractivity contribution in [3.63, 3.8) is 0 Å². The molecule has 6 nitrogen and oxygen atoms in total. The molecule has 7 atom stereocenters. The fourth-order valence-electron chi connectivity index (χ4n) is 6.10. The highest BCUT2D eigenvalue weighted by Crippen LogP contribution is 2.67. The summed E-state index contributed by atoms with van der Waals surface area (Å²) in [5.41, 5.74) is 0. The molecule has 25 heavy (non-hydrogen) atoms. The first kappa shape index (κ1) is 16.6. The zero-order valence-electron chi connectivity index (χ0n) is 14.7. The highest BCUT2D eigenvalue weighted by molar-refractivity contribution is 6.07. The third-order valence-electron chi connectivity index (χ3n) is 6.71. The van der Waals surface area contributed by atoms with Gasteiger partial charge in [0.15, 0.2) is 0 Å². The van der Waals surface area contributed by atoms with Gasteiger partial charge in [-0.2, -0.15) is 0 Å². The van der Waals surface area contributed by atoms with E-state index in [9.17, 15) is 14.4 Å². The Hall–Kier alpha value is -1.85. The summed E-state index contributed by atoms with van der Waals surface area (Å²) in [6.07, 6.45) is 5.85. The molecule has 136 valence electrons. The molecule has 0 heterocycles. The number of carbonyl (C=O) groups excluding carboxylic acids is 3. The summed E-state index contributed by atoms with van der Waals surface area (Å²) in [4.78, 5) is 38.0. The van der Waals surface area contributed by atoms with E-state index in [4.69, 9.17) is 9.47 Å². The fourth-order valence-corrected chi connectivity index (χ4v) is 6.10. The van der Waals surface area contributed by atoms with Crippen LogP contribution in [0, 0.1) is 41.4 Å². The highest BCUT2D eigenvalue weighted by atomic mass is 16.6. The normalized spacial score (nSPS) is 39.4. The molecule has 7 unspecified atom stereocenters. The van der Waals surface area contributed by atoms with Gasteiger partial charge < -0.3 is 9.47 Å². The second kappa shape index (κ2) is 6.15. The van der Waals surface area contributed by atoms with Crippen molar-refractivity contribution >= 4 is 18.1 Å². The van der Waals surface area contributed by atoms with E-state index in [1.54, 1.807) is 13.8 Å². The SMILES string of the molecule is CCOC(=O)N(C(=O)OCC)C(=O)C1CC2CC1C1C3C=CC(C3)C21. The van der Waals surface area contributed by atoms with Crippen molar-refractivity contribution in [2.24, 2.45) is 41.4 Å². The molecule has 0 N–H and O–H groups in total. The fraction of sp³-hybridized carbons (Fsp3) is 0.737. The summed E-state index contributed by atoms with van der Waals surface area (Å²) in [5.74, 6) is 2.58. The molecule has 4 aliphatic rings. The van der Waals surface area contributed by atoms with Crippen LogP contribution in [0.3, 0.4) is 0 Å². The second-order valence-electron chi connectivity index (χ2n) is 7.68. The van der Waals surface area contributed by atoms with Crippen molar-refractivity contribution in [2.75, 3.05) is 13.2 Å². The molecule has 4 rings (SSSR count). The Labute approximate surface area is 147 Å². The number of fused-ring (bicyclic) bond motifs is 9. The summed E-state index contributed by atoms with van der Waals surface area (Å²) in [5, 5.41) is 0. The van der Waals surface area contributed by atoms with Gasteiger partial charge in [-0.3, -0.25) is 4.79 Å². The number of amides is 3. The quantitative estimate of drug-likeness (QED) is 0.579. The van der Waals surface area contributed by atoms with E-state index >= 15 is 0 Å². The third-order valence-corrected chi connectivity index (χ3v) is 6.71. The number of hydrogen-bond acceptors (Lipinski definition) is 5. The van der Waals surface area contributed by atoms with Gasteiger partial charge in [0, 0.05) is 5.92 Å². The van der Waals surface area contributed by atoms with Gasteiger partial charge in [0.25, 0.3) is 0 Å². The largest absolute Gasteiger partial charge is 0.449 e. The number of hydrogen-bond donors (Lipinski definition) is 0. The van der Waals surface area contributed by atoms with Crippen LogP contribution < -0.4 is 0 Å². The van der Waals surface area contributed by atoms with Gasteiger partial charge in [-0.1, -0.05) is 12.2 Å². The lowest BCUT2D eigenvalue weighted by atomic mass is 9.69.